The summed E-state index contributed by atoms with van der Waals surface area (Å²) in [5.74, 6) is 1.60. The quantitative estimate of drug-likeness (QED) is 0.375. The molecule has 0 unspecified atom stereocenters. The second-order valence-electron chi connectivity index (χ2n) is 7.23. The maximum Gasteiger partial charge on any atom is 0.251 e. The number of amides is 1. The molecule has 5 nitrogen and oxygen atoms in total. The van der Waals surface area contributed by atoms with Crippen LogP contribution in [0.4, 0.5) is 0 Å². The first-order valence-electron chi connectivity index (χ1n) is 10.2. The first-order chi connectivity index (χ1) is 14.6. The van der Waals surface area contributed by atoms with Gasteiger partial charge in [-0.25, -0.2) is 0 Å². The van der Waals surface area contributed by atoms with E-state index in [1.165, 1.54) is 5.56 Å². The first-order valence-corrected chi connectivity index (χ1v) is 11.2. The number of rotatable bonds is 10. The molecule has 3 rings (SSSR count). The number of thioether (sulfide) groups is 1. The maximum atomic E-state index is 12.4. The van der Waals surface area contributed by atoms with Gasteiger partial charge in [0, 0.05) is 30.3 Å². The fourth-order valence-corrected chi connectivity index (χ4v) is 3.92. The molecule has 0 saturated heterocycles. The van der Waals surface area contributed by atoms with Gasteiger partial charge >= 0.3 is 0 Å². The van der Waals surface area contributed by atoms with E-state index in [2.05, 4.69) is 45.7 Å². The van der Waals surface area contributed by atoms with Crippen molar-refractivity contribution in [3.05, 3.63) is 89.8 Å². The van der Waals surface area contributed by atoms with Crippen LogP contribution in [0.25, 0.3) is 0 Å². The van der Waals surface area contributed by atoms with Crippen molar-refractivity contribution in [2.75, 3.05) is 0 Å². The Morgan fingerprint density at radius 3 is 2.67 bits per heavy atom. The van der Waals surface area contributed by atoms with Crippen LogP contribution in [-0.4, -0.2) is 26.7 Å². The molecule has 1 atom stereocenters. The molecular weight excluding hydrogens is 392 g/mol. The van der Waals surface area contributed by atoms with Crippen molar-refractivity contribution in [1.82, 2.24) is 20.1 Å². The highest BCUT2D eigenvalue weighted by Crippen LogP contribution is 2.23. The van der Waals surface area contributed by atoms with E-state index in [1.54, 1.807) is 11.8 Å². The van der Waals surface area contributed by atoms with E-state index in [1.807, 2.05) is 55.5 Å². The number of aromatic nitrogens is 3. The van der Waals surface area contributed by atoms with Crippen molar-refractivity contribution in [1.29, 1.82) is 0 Å². The number of carbonyl (C=O) groups excluding carboxylic acids is 1. The predicted molar refractivity (Wildman–Crippen MR) is 123 cm³/mol. The van der Waals surface area contributed by atoms with Gasteiger partial charge in [-0.15, -0.1) is 16.8 Å². The van der Waals surface area contributed by atoms with Gasteiger partial charge in [-0.2, -0.15) is 0 Å². The van der Waals surface area contributed by atoms with Gasteiger partial charge in [-0.3, -0.25) is 4.79 Å². The summed E-state index contributed by atoms with van der Waals surface area (Å²) in [5, 5.41) is 12.7. The van der Waals surface area contributed by atoms with Gasteiger partial charge < -0.3 is 9.88 Å². The molecule has 0 spiro atoms. The third-order valence-corrected chi connectivity index (χ3v) is 5.90. The van der Waals surface area contributed by atoms with E-state index in [0.717, 1.165) is 29.4 Å². The molecule has 156 valence electrons. The second-order valence-corrected chi connectivity index (χ2v) is 8.17. The molecule has 30 heavy (non-hydrogen) atoms. The molecule has 0 aliphatic heterocycles. The van der Waals surface area contributed by atoms with Crippen molar-refractivity contribution >= 4 is 17.7 Å². The van der Waals surface area contributed by atoms with Crippen LogP contribution >= 0.6 is 11.8 Å². The smallest absolute Gasteiger partial charge is 0.251 e. The van der Waals surface area contributed by atoms with Gasteiger partial charge in [-0.05, 0) is 36.6 Å². The predicted octanol–water partition coefficient (Wildman–Crippen LogP) is 4.88. The lowest BCUT2D eigenvalue weighted by Crippen LogP contribution is -2.31. The van der Waals surface area contributed by atoms with E-state index in [9.17, 15) is 4.79 Å². The van der Waals surface area contributed by atoms with E-state index in [4.69, 9.17) is 0 Å². The van der Waals surface area contributed by atoms with Crippen LogP contribution in [0.1, 0.15) is 47.6 Å². The van der Waals surface area contributed by atoms with E-state index in [-0.39, 0.29) is 11.9 Å². The number of carbonyl (C=O) groups is 1. The molecule has 0 aliphatic rings. The zero-order chi connectivity index (χ0) is 21.3. The molecule has 2 aromatic carbocycles. The second kappa shape index (κ2) is 10.8. The molecule has 0 saturated carbocycles. The molecule has 1 N–H and O–H groups in total. The van der Waals surface area contributed by atoms with Gasteiger partial charge in [0.1, 0.15) is 5.82 Å². The summed E-state index contributed by atoms with van der Waals surface area (Å²) < 4.78 is 2.10. The molecule has 0 fully saturated rings. The fourth-order valence-electron chi connectivity index (χ4n) is 3.01. The summed E-state index contributed by atoms with van der Waals surface area (Å²) in [7, 11) is 0. The molecule has 0 bridgehead atoms. The number of hydrogen-bond donors (Lipinski definition) is 1. The third kappa shape index (κ3) is 5.83. The van der Waals surface area contributed by atoms with Gasteiger partial charge in [0.15, 0.2) is 5.16 Å². The largest absolute Gasteiger partial charge is 0.350 e. The highest BCUT2D eigenvalue weighted by atomic mass is 32.2. The summed E-state index contributed by atoms with van der Waals surface area (Å²) in [5.41, 5.74) is 2.96. The lowest BCUT2D eigenvalue weighted by molar-refractivity contribution is 0.0939. The van der Waals surface area contributed by atoms with Crippen LogP contribution < -0.4 is 5.32 Å². The molecule has 0 aliphatic carbocycles. The Hall–Kier alpha value is -2.86. The summed E-state index contributed by atoms with van der Waals surface area (Å²) in [6.45, 7) is 8.61. The highest BCUT2D eigenvalue weighted by molar-refractivity contribution is 7.98. The third-order valence-electron chi connectivity index (χ3n) is 4.86. The first kappa shape index (κ1) is 21.8. The average Bonchev–Trinajstić information content (AvgIpc) is 3.14. The zero-order valence-electron chi connectivity index (χ0n) is 17.5. The van der Waals surface area contributed by atoms with E-state index >= 15 is 0 Å². The van der Waals surface area contributed by atoms with Gasteiger partial charge in [0.2, 0.25) is 0 Å². The van der Waals surface area contributed by atoms with E-state index in [0.29, 0.717) is 17.9 Å². The Kier molecular flexibility index (Phi) is 7.85. The zero-order valence-corrected chi connectivity index (χ0v) is 18.4. The number of allylic oxidation sites excluding steroid dienone is 1. The molecule has 0 radical (unpaired) electrons. The highest BCUT2D eigenvalue weighted by Gasteiger charge is 2.13. The van der Waals surface area contributed by atoms with E-state index < -0.39 is 0 Å². The van der Waals surface area contributed by atoms with Crippen LogP contribution in [0.15, 0.2) is 72.4 Å². The topological polar surface area (TPSA) is 59.8 Å². The Morgan fingerprint density at radius 2 is 1.93 bits per heavy atom. The van der Waals surface area contributed by atoms with Crippen molar-refractivity contribution in [3.63, 3.8) is 0 Å². The van der Waals surface area contributed by atoms with Crippen LogP contribution in [0, 0.1) is 0 Å². The van der Waals surface area contributed by atoms with Crippen LogP contribution in [0.5, 0.6) is 0 Å². The number of hydrogen-bond acceptors (Lipinski definition) is 4. The Labute approximate surface area is 182 Å². The van der Waals surface area contributed by atoms with Crippen molar-refractivity contribution in [2.24, 2.45) is 0 Å². The maximum absolute atomic E-state index is 12.4. The van der Waals surface area contributed by atoms with Gasteiger partial charge in [-0.1, -0.05) is 67.2 Å². The van der Waals surface area contributed by atoms with Crippen molar-refractivity contribution in [3.8, 4) is 0 Å². The Bertz CT molecular complexity index is 984. The van der Waals surface area contributed by atoms with Crippen LogP contribution in [0.3, 0.4) is 0 Å². The lowest BCUT2D eigenvalue weighted by atomic mass is 10.1. The molecule has 6 heteroatoms. The van der Waals surface area contributed by atoms with Crippen LogP contribution in [0.2, 0.25) is 0 Å². The Morgan fingerprint density at radius 1 is 1.17 bits per heavy atom. The fraction of sp³-hybridized carbons (Fsp3) is 0.292. The minimum Gasteiger partial charge on any atom is -0.350 e. The number of nitrogens with one attached hydrogen (secondary N) is 1. The number of benzene rings is 2. The monoisotopic (exact) mass is 420 g/mol. The molecule has 1 heterocycles. The van der Waals surface area contributed by atoms with Gasteiger partial charge in [0.25, 0.3) is 5.91 Å². The minimum atomic E-state index is -0.0313. The normalized spacial score (nSPS) is 11.8. The lowest BCUT2D eigenvalue weighted by Gasteiger charge is -2.12. The summed E-state index contributed by atoms with van der Waals surface area (Å²) in [6, 6.07) is 18.2. The van der Waals surface area contributed by atoms with Crippen LogP contribution in [-0.2, 0) is 18.7 Å². The summed E-state index contributed by atoms with van der Waals surface area (Å²) >= 11 is 1.62. The molecule has 1 aromatic heterocycles. The summed E-state index contributed by atoms with van der Waals surface area (Å²) in [4.78, 5) is 12.4. The van der Waals surface area contributed by atoms with Crippen molar-refractivity contribution < 1.29 is 4.79 Å². The van der Waals surface area contributed by atoms with Gasteiger partial charge in [0.05, 0.1) is 0 Å². The molecular formula is C24H28N4OS. The van der Waals surface area contributed by atoms with Crippen molar-refractivity contribution in [2.45, 2.75) is 50.2 Å². The molecule has 1 amide bonds. The molecule has 3 aromatic rings. The SMILES string of the molecule is C=CCn1c(Cc2ccccc2)nnc1SCc1cccc(C(=O)N[C@H](C)CC)c1. The summed E-state index contributed by atoms with van der Waals surface area (Å²) in [6.07, 6.45) is 3.50. The number of nitrogens with zero attached hydrogens (tertiary/aromatic N) is 3. The Balaban J connectivity index is 1.70. The minimum absolute atomic E-state index is 0.0313. The average molecular weight is 421 g/mol. The standard InChI is InChI=1S/C24H28N4OS/c1-4-14-28-22(16-19-10-7-6-8-11-19)26-27-24(28)30-17-20-12-9-13-21(15-20)23(29)25-18(3)5-2/h4,6-13,15,18H,1,5,14,16-17H2,2-3H3,(H,25,29)/t18-/m1/s1.